The number of rotatable bonds is 3. The molecule has 1 amide bonds. The largest absolute Gasteiger partial charge is 0.331 e. The summed E-state index contributed by atoms with van der Waals surface area (Å²) in [5, 5.41) is 8.85. The van der Waals surface area contributed by atoms with Gasteiger partial charge in [0.2, 0.25) is 0 Å². The second kappa shape index (κ2) is 8.37. The Kier molecular flexibility index (Phi) is 5.91. The number of amides is 1. The summed E-state index contributed by atoms with van der Waals surface area (Å²) in [4.78, 5) is 25.0. The Bertz CT molecular complexity index is 1130. The van der Waals surface area contributed by atoms with Gasteiger partial charge in [-0.05, 0) is 49.8 Å². The molecule has 0 radical (unpaired) electrons. The van der Waals surface area contributed by atoms with Crippen molar-refractivity contribution in [1.29, 1.82) is 0 Å². The number of anilines is 1. The number of nitrogens with one attached hydrogen (secondary N) is 3. The standard InChI is InChI=1S/C19H18ClN5O2S/c1-3-25-18(27)13-8-5-4-7-12(13)16(24-25)17(26)22-23-19(28)21-15-10-6-9-14(20)11(15)2/h4-10H,3H2,1-2H3,(H,22,26)(H2,21,23,28). The molecule has 0 saturated carbocycles. The molecule has 3 rings (SSSR count). The number of hydrazine groups is 1. The van der Waals surface area contributed by atoms with Gasteiger partial charge in [-0.15, -0.1) is 0 Å². The van der Waals surface area contributed by atoms with Crippen LogP contribution in [0.4, 0.5) is 5.69 Å². The van der Waals surface area contributed by atoms with Crippen molar-refractivity contribution in [1.82, 2.24) is 20.6 Å². The number of thiocarbonyl (C=S) groups is 1. The molecule has 0 saturated heterocycles. The maximum absolute atomic E-state index is 12.7. The summed E-state index contributed by atoms with van der Waals surface area (Å²) in [5.74, 6) is -0.509. The number of aromatic nitrogens is 2. The normalized spacial score (nSPS) is 10.5. The first-order valence-electron chi connectivity index (χ1n) is 8.54. The van der Waals surface area contributed by atoms with Crippen LogP contribution in [0.1, 0.15) is 23.0 Å². The second-order valence-corrected chi connectivity index (χ2v) is 6.78. The highest BCUT2D eigenvalue weighted by Crippen LogP contribution is 2.22. The number of aryl methyl sites for hydroxylation is 1. The molecule has 1 heterocycles. The van der Waals surface area contributed by atoms with Gasteiger partial charge in [0.1, 0.15) is 0 Å². The lowest BCUT2D eigenvalue weighted by Gasteiger charge is -2.14. The highest BCUT2D eigenvalue weighted by atomic mass is 35.5. The van der Waals surface area contributed by atoms with Crippen molar-refractivity contribution in [3.05, 3.63) is 69.1 Å². The molecular weight excluding hydrogens is 398 g/mol. The molecule has 144 valence electrons. The van der Waals surface area contributed by atoms with Crippen LogP contribution in [0.25, 0.3) is 10.8 Å². The molecular formula is C19H18ClN5O2S. The predicted molar refractivity (Wildman–Crippen MR) is 115 cm³/mol. The van der Waals surface area contributed by atoms with Gasteiger partial charge in [-0.3, -0.25) is 20.4 Å². The van der Waals surface area contributed by atoms with E-state index >= 15 is 0 Å². The lowest BCUT2D eigenvalue weighted by atomic mass is 10.1. The fourth-order valence-electron chi connectivity index (χ4n) is 2.69. The smallest absolute Gasteiger partial charge is 0.290 e. The molecule has 0 unspecified atom stereocenters. The second-order valence-electron chi connectivity index (χ2n) is 5.96. The molecule has 9 heteroatoms. The molecule has 0 fully saturated rings. The maximum Gasteiger partial charge on any atom is 0.290 e. The van der Waals surface area contributed by atoms with Gasteiger partial charge in [0, 0.05) is 22.6 Å². The first-order chi connectivity index (χ1) is 13.4. The van der Waals surface area contributed by atoms with E-state index in [1.807, 2.05) is 13.0 Å². The van der Waals surface area contributed by atoms with E-state index in [2.05, 4.69) is 21.3 Å². The van der Waals surface area contributed by atoms with Crippen LogP contribution in [0.3, 0.4) is 0 Å². The number of carbonyl (C=O) groups is 1. The molecule has 7 nitrogen and oxygen atoms in total. The van der Waals surface area contributed by atoms with Crippen LogP contribution in [0, 0.1) is 6.92 Å². The predicted octanol–water partition coefficient (Wildman–Crippen LogP) is 3.01. The third-order valence-electron chi connectivity index (χ3n) is 4.19. The monoisotopic (exact) mass is 415 g/mol. The van der Waals surface area contributed by atoms with Gasteiger partial charge >= 0.3 is 0 Å². The molecule has 3 N–H and O–H groups in total. The molecule has 0 aliphatic carbocycles. The minimum absolute atomic E-state index is 0.131. The average Bonchev–Trinajstić information content (AvgIpc) is 2.70. The topological polar surface area (TPSA) is 88.1 Å². The fraction of sp³-hybridized carbons (Fsp3) is 0.158. The number of benzene rings is 2. The van der Waals surface area contributed by atoms with E-state index in [9.17, 15) is 9.59 Å². The van der Waals surface area contributed by atoms with E-state index in [0.717, 1.165) is 11.3 Å². The number of fused-ring (bicyclic) bond motifs is 1. The molecule has 0 spiro atoms. The van der Waals surface area contributed by atoms with Crippen molar-refractivity contribution in [3.8, 4) is 0 Å². The van der Waals surface area contributed by atoms with Gasteiger partial charge in [0.25, 0.3) is 11.5 Å². The van der Waals surface area contributed by atoms with Crippen LogP contribution < -0.4 is 21.7 Å². The number of carbonyl (C=O) groups excluding carboxylic acids is 1. The Morgan fingerprint density at radius 1 is 1.14 bits per heavy atom. The van der Waals surface area contributed by atoms with Gasteiger partial charge < -0.3 is 5.32 Å². The fourth-order valence-corrected chi connectivity index (χ4v) is 3.02. The SMILES string of the molecule is CCn1nc(C(=O)NNC(=S)Nc2cccc(Cl)c2C)c2ccccc2c1=O. The summed E-state index contributed by atoms with van der Waals surface area (Å²) in [7, 11) is 0. The molecule has 0 atom stereocenters. The van der Waals surface area contributed by atoms with Gasteiger partial charge in [-0.2, -0.15) is 5.10 Å². The van der Waals surface area contributed by atoms with Crippen LogP contribution in [0.2, 0.25) is 5.02 Å². The van der Waals surface area contributed by atoms with Crippen molar-refractivity contribution in [3.63, 3.8) is 0 Å². The minimum Gasteiger partial charge on any atom is -0.331 e. The molecule has 0 aliphatic rings. The van der Waals surface area contributed by atoms with Crippen LogP contribution in [-0.2, 0) is 6.54 Å². The van der Waals surface area contributed by atoms with Crippen molar-refractivity contribution in [2.45, 2.75) is 20.4 Å². The number of hydrogen-bond acceptors (Lipinski definition) is 4. The summed E-state index contributed by atoms with van der Waals surface area (Å²) in [6, 6.07) is 12.2. The zero-order valence-corrected chi connectivity index (χ0v) is 16.8. The van der Waals surface area contributed by atoms with E-state index < -0.39 is 5.91 Å². The molecule has 0 aliphatic heterocycles. The Morgan fingerprint density at radius 2 is 1.86 bits per heavy atom. The van der Waals surface area contributed by atoms with Crippen molar-refractivity contribution < 1.29 is 4.79 Å². The van der Waals surface area contributed by atoms with Crippen molar-refractivity contribution >= 4 is 51.3 Å². The quantitative estimate of drug-likeness (QED) is 0.450. The Labute approximate surface area is 171 Å². The number of hydrogen-bond donors (Lipinski definition) is 3. The summed E-state index contributed by atoms with van der Waals surface area (Å²) in [6.07, 6.45) is 0. The zero-order chi connectivity index (χ0) is 20.3. The van der Waals surface area contributed by atoms with Crippen LogP contribution in [-0.4, -0.2) is 20.8 Å². The van der Waals surface area contributed by atoms with E-state index in [1.54, 1.807) is 43.3 Å². The van der Waals surface area contributed by atoms with Crippen molar-refractivity contribution in [2.24, 2.45) is 0 Å². The first kappa shape index (κ1) is 19.8. The van der Waals surface area contributed by atoms with Crippen LogP contribution in [0.15, 0.2) is 47.3 Å². The van der Waals surface area contributed by atoms with Gasteiger partial charge in [0.05, 0.1) is 5.39 Å². The van der Waals surface area contributed by atoms with Gasteiger partial charge in [0.15, 0.2) is 10.8 Å². The highest BCUT2D eigenvalue weighted by molar-refractivity contribution is 7.80. The summed E-state index contributed by atoms with van der Waals surface area (Å²) in [6.45, 7) is 4.00. The minimum atomic E-state index is -0.509. The lowest BCUT2D eigenvalue weighted by molar-refractivity contribution is 0.0938. The molecule has 3 aromatic rings. The van der Waals surface area contributed by atoms with Crippen molar-refractivity contribution in [2.75, 3.05) is 5.32 Å². The van der Waals surface area contributed by atoms with Gasteiger partial charge in [-0.25, -0.2) is 4.68 Å². The molecule has 28 heavy (non-hydrogen) atoms. The zero-order valence-electron chi connectivity index (χ0n) is 15.2. The Morgan fingerprint density at radius 3 is 2.57 bits per heavy atom. The molecule has 1 aromatic heterocycles. The lowest BCUT2D eigenvalue weighted by Crippen LogP contribution is -2.44. The highest BCUT2D eigenvalue weighted by Gasteiger charge is 2.16. The average molecular weight is 416 g/mol. The molecule has 0 bridgehead atoms. The van der Waals surface area contributed by atoms with E-state index in [4.69, 9.17) is 23.8 Å². The van der Waals surface area contributed by atoms with Crippen LogP contribution in [0.5, 0.6) is 0 Å². The van der Waals surface area contributed by atoms with E-state index in [1.165, 1.54) is 4.68 Å². The molecule has 2 aromatic carbocycles. The van der Waals surface area contributed by atoms with E-state index in [-0.39, 0.29) is 16.4 Å². The maximum atomic E-state index is 12.7. The van der Waals surface area contributed by atoms with Gasteiger partial charge in [-0.1, -0.05) is 35.9 Å². The summed E-state index contributed by atoms with van der Waals surface area (Å²) >= 11 is 11.3. The van der Waals surface area contributed by atoms with Crippen LogP contribution >= 0.6 is 23.8 Å². The Hall–Kier alpha value is -2.97. The van der Waals surface area contributed by atoms with E-state index in [0.29, 0.717) is 22.3 Å². The summed E-state index contributed by atoms with van der Waals surface area (Å²) in [5.41, 5.74) is 6.61. The number of halogens is 1. The third kappa shape index (κ3) is 3.97. The first-order valence-corrected chi connectivity index (χ1v) is 9.33. The number of nitrogens with zero attached hydrogens (tertiary/aromatic N) is 2. The summed E-state index contributed by atoms with van der Waals surface area (Å²) < 4.78 is 1.25. The Balaban J connectivity index is 1.78. The third-order valence-corrected chi connectivity index (χ3v) is 4.80.